The zero-order chi connectivity index (χ0) is 11.3. The fourth-order valence-electron chi connectivity index (χ4n) is 2.14. The Morgan fingerprint density at radius 2 is 2.00 bits per heavy atom. The number of benzene rings is 1. The molecule has 0 spiro atoms. The molecule has 0 radical (unpaired) electrons. The lowest BCUT2D eigenvalue weighted by Gasteiger charge is -2.03. The maximum Gasteiger partial charge on any atom is 0.160 e. The van der Waals surface area contributed by atoms with Crippen molar-refractivity contribution in [3.8, 4) is 0 Å². The van der Waals surface area contributed by atoms with Gasteiger partial charge in [-0.05, 0) is 13.0 Å². The highest BCUT2D eigenvalue weighted by molar-refractivity contribution is 6.06. The SMILES string of the molecule is Cc1nn(C)c2nc3ccccc3c(N)c12. The van der Waals surface area contributed by atoms with Gasteiger partial charge in [0.15, 0.2) is 5.65 Å². The van der Waals surface area contributed by atoms with Crippen molar-refractivity contribution in [2.24, 2.45) is 7.05 Å². The molecule has 0 aliphatic heterocycles. The van der Waals surface area contributed by atoms with E-state index < -0.39 is 0 Å². The number of fused-ring (bicyclic) bond motifs is 2. The van der Waals surface area contributed by atoms with Gasteiger partial charge in [0.2, 0.25) is 0 Å². The second-order valence-electron chi connectivity index (χ2n) is 3.95. The highest BCUT2D eigenvalue weighted by Crippen LogP contribution is 2.29. The molecule has 0 aliphatic carbocycles. The van der Waals surface area contributed by atoms with Gasteiger partial charge in [-0.1, -0.05) is 18.2 Å². The van der Waals surface area contributed by atoms with Crippen LogP contribution in [0.25, 0.3) is 21.9 Å². The number of nitrogens with zero attached hydrogens (tertiary/aromatic N) is 3. The maximum absolute atomic E-state index is 6.18. The van der Waals surface area contributed by atoms with Crippen LogP contribution in [0.2, 0.25) is 0 Å². The van der Waals surface area contributed by atoms with Gasteiger partial charge in [0.25, 0.3) is 0 Å². The monoisotopic (exact) mass is 212 g/mol. The summed E-state index contributed by atoms with van der Waals surface area (Å²) in [7, 11) is 1.89. The maximum atomic E-state index is 6.18. The van der Waals surface area contributed by atoms with Crippen LogP contribution >= 0.6 is 0 Å². The summed E-state index contributed by atoms with van der Waals surface area (Å²) in [6.07, 6.45) is 0. The van der Waals surface area contributed by atoms with Gasteiger partial charge in [0, 0.05) is 12.4 Å². The fraction of sp³-hybridized carbons (Fsp3) is 0.167. The minimum Gasteiger partial charge on any atom is -0.398 e. The first-order chi connectivity index (χ1) is 7.68. The van der Waals surface area contributed by atoms with Gasteiger partial charge in [0.05, 0.1) is 22.3 Å². The van der Waals surface area contributed by atoms with Gasteiger partial charge < -0.3 is 5.73 Å². The number of hydrogen-bond donors (Lipinski definition) is 1. The Kier molecular flexibility index (Phi) is 1.68. The first kappa shape index (κ1) is 9.15. The molecule has 2 N–H and O–H groups in total. The second kappa shape index (κ2) is 2.95. The predicted octanol–water partition coefficient (Wildman–Crippen LogP) is 2.01. The number of pyridine rings is 1. The summed E-state index contributed by atoms with van der Waals surface area (Å²) in [5.74, 6) is 0. The van der Waals surface area contributed by atoms with Crippen molar-refractivity contribution >= 4 is 27.6 Å². The molecular weight excluding hydrogens is 200 g/mol. The topological polar surface area (TPSA) is 56.7 Å². The van der Waals surface area contributed by atoms with E-state index in [1.54, 1.807) is 4.68 Å². The molecule has 0 atom stereocenters. The quantitative estimate of drug-likeness (QED) is 0.620. The zero-order valence-corrected chi connectivity index (χ0v) is 9.23. The smallest absolute Gasteiger partial charge is 0.160 e. The van der Waals surface area contributed by atoms with Crippen LogP contribution in [0.5, 0.6) is 0 Å². The van der Waals surface area contributed by atoms with E-state index in [0.717, 1.165) is 33.3 Å². The van der Waals surface area contributed by atoms with Crippen molar-refractivity contribution in [1.82, 2.24) is 14.8 Å². The molecule has 4 heteroatoms. The molecule has 3 rings (SSSR count). The third-order valence-electron chi connectivity index (χ3n) is 2.88. The van der Waals surface area contributed by atoms with E-state index in [4.69, 9.17) is 5.73 Å². The molecule has 0 amide bonds. The van der Waals surface area contributed by atoms with Gasteiger partial charge in [-0.25, -0.2) is 4.98 Å². The summed E-state index contributed by atoms with van der Waals surface area (Å²) >= 11 is 0. The third kappa shape index (κ3) is 1.04. The average molecular weight is 212 g/mol. The first-order valence-electron chi connectivity index (χ1n) is 5.16. The third-order valence-corrected chi connectivity index (χ3v) is 2.88. The highest BCUT2D eigenvalue weighted by atomic mass is 15.3. The lowest BCUT2D eigenvalue weighted by molar-refractivity contribution is 0.775. The largest absolute Gasteiger partial charge is 0.398 e. The molecule has 1 aromatic carbocycles. The molecule has 0 aliphatic rings. The minimum atomic E-state index is 0.770. The van der Waals surface area contributed by atoms with E-state index >= 15 is 0 Å². The lowest BCUT2D eigenvalue weighted by atomic mass is 10.1. The number of rotatable bonds is 0. The summed E-state index contributed by atoms with van der Waals surface area (Å²) in [6.45, 7) is 1.95. The van der Waals surface area contributed by atoms with E-state index in [0.29, 0.717) is 0 Å². The Morgan fingerprint density at radius 3 is 2.81 bits per heavy atom. The summed E-state index contributed by atoms with van der Waals surface area (Å²) in [5.41, 5.74) is 9.62. The molecule has 0 unspecified atom stereocenters. The van der Waals surface area contributed by atoms with Crippen LogP contribution in [0.4, 0.5) is 5.69 Å². The summed E-state index contributed by atoms with van der Waals surface area (Å²) in [6, 6.07) is 7.89. The van der Waals surface area contributed by atoms with Gasteiger partial charge in [-0.2, -0.15) is 5.10 Å². The van der Waals surface area contributed by atoms with E-state index in [2.05, 4.69) is 10.1 Å². The van der Waals surface area contributed by atoms with Crippen molar-refractivity contribution in [3.05, 3.63) is 30.0 Å². The van der Waals surface area contributed by atoms with Crippen LogP contribution in [-0.2, 0) is 7.05 Å². The summed E-state index contributed by atoms with van der Waals surface area (Å²) in [4.78, 5) is 4.58. The zero-order valence-electron chi connectivity index (χ0n) is 9.23. The molecule has 2 heterocycles. The van der Waals surface area contributed by atoms with Crippen LogP contribution in [0.1, 0.15) is 5.69 Å². The number of aromatic nitrogens is 3. The van der Waals surface area contributed by atoms with Crippen LogP contribution in [0.3, 0.4) is 0 Å². The van der Waals surface area contributed by atoms with Crippen molar-refractivity contribution in [3.63, 3.8) is 0 Å². The number of nitrogen functional groups attached to an aromatic ring is 1. The fourth-order valence-corrected chi connectivity index (χ4v) is 2.14. The lowest BCUT2D eigenvalue weighted by Crippen LogP contribution is -1.95. The molecule has 2 aromatic heterocycles. The molecule has 0 saturated heterocycles. The molecule has 0 bridgehead atoms. The standard InChI is InChI=1S/C12H12N4/c1-7-10-11(13)8-5-3-4-6-9(8)14-12(10)16(2)15-7/h3-6H,1-2H3,(H2,13,14). The molecule has 0 fully saturated rings. The van der Waals surface area contributed by atoms with Crippen LogP contribution in [0.15, 0.2) is 24.3 Å². The Balaban J connectivity index is 2.63. The normalized spacial score (nSPS) is 11.4. The van der Waals surface area contributed by atoms with Crippen LogP contribution < -0.4 is 5.73 Å². The van der Waals surface area contributed by atoms with E-state index in [-0.39, 0.29) is 0 Å². The second-order valence-corrected chi connectivity index (χ2v) is 3.95. The molecule has 4 nitrogen and oxygen atoms in total. The van der Waals surface area contributed by atoms with Crippen molar-refractivity contribution in [2.75, 3.05) is 5.73 Å². The van der Waals surface area contributed by atoms with Crippen molar-refractivity contribution in [1.29, 1.82) is 0 Å². The Hall–Kier alpha value is -2.10. The van der Waals surface area contributed by atoms with E-state index in [1.807, 2.05) is 38.2 Å². The summed E-state index contributed by atoms with van der Waals surface area (Å²) < 4.78 is 1.77. The molecule has 16 heavy (non-hydrogen) atoms. The van der Waals surface area contributed by atoms with Gasteiger partial charge >= 0.3 is 0 Å². The number of aryl methyl sites for hydroxylation is 2. The van der Waals surface area contributed by atoms with Crippen LogP contribution in [0, 0.1) is 6.92 Å². The van der Waals surface area contributed by atoms with Gasteiger partial charge in [-0.15, -0.1) is 0 Å². The Labute approximate surface area is 92.7 Å². The van der Waals surface area contributed by atoms with Crippen LogP contribution in [-0.4, -0.2) is 14.8 Å². The van der Waals surface area contributed by atoms with Crippen molar-refractivity contribution < 1.29 is 0 Å². The highest BCUT2D eigenvalue weighted by Gasteiger charge is 2.12. The van der Waals surface area contributed by atoms with E-state index in [9.17, 15) is 0 Å². The number of anilines is 1. The average Bonchev–Trinajstić information content (AvgIpc) is 2.55. The minimum absolute atomic E-state index is 0.770. The Bertz CT molecular complexity index is 697. The predicted molar refractivity (Wildman–Crippen MR) is 65.2 cm³/mol. The Morgan fingerprint density at radius 1 is 1.25 bits per heavy atom. The van der Waals surface area contributed by atoms with Gasteiger partial charge in [0.1, 0.15) is 0 Å². The van der Waals surface area contributed by atoms with Gasteiger partial charge in [-0.3, -0.25) is 4.68 Å². The number of hydrogen-bond acceptors (Lipinski definition) is 3. The molecule has 80 valence electrons. The molecule has 0 saturated carbocycles. The molecule has 3 aromatic rings. The number of para-hydroxylation sites is 1. The van der Waals surface area contributed by atoms with Crippen molar-refractivity contribution in [2.45, 2.75) is 6.92 Å². The van der Waals surface area contributed by atoms with E-state index in [1.165, 1.54) is 0 Å². The number of nitrogens with two attached hydrogens (primary N) is 1. The first-order valence-corrected chi connectivity index (χ1v) is 5.16. The summed E-state index contributed by atoms with van der Waals surface area (Å²) in [5, 5.41) is 6.30. The molecular formula is C12H12N4.